The van der Waals surface area contributed by atoms with Crippen molar-refractivity contribution in [1.82, 2.24) is 15.0 Å². The molecular weight excluding hydrogens is 514 g/mol. The van der Waals surface area contributed by atoms with Gasteiger partial charge >= 0.3 is 5.63 Å². The summed E-state index contributed by atoms with van der Waals surface area (Å²) in [6, 6.07) is 23.0. The molecule has 0 bridgehead atoms. The Hall–Kier alpha value is -3.49. The summed E-state index contributed by atoms with van der Waals surface area (Å²) < 4.78 is 12.2. The topological polar surface area (TPSA) is 81.0 Å². The van der Waals surface area contributed by atoms with Crippen LogP contribution in [0.5, 0.6) is 5.75 Å². The summed E-state index contributed by atoms with van der Waals surface area (Å²) in [4.78, 5) is 23.5. The Morgan fingerprint density at radius 3 is 2.59 bits per heavy atom. The summed E-state index contributed by atoms with van der Waals surface area (Å²) in [6.07, 6.45) is 0. The molecule has 6 aromatic rings. The minimum absolute atomic E-state index is 0.349. The maximum Gasteiger partial charge on any atom is 0.336 e. The maximum atomic E-state index is 11.5. The number of fused-ring (bicyclic) bond motifs is 3. The summed E-state index contributed by atoms with van der Waals surface area (Å²) in [5.41, 5.74) is 4.20. The van der Waals surface area contributed by atoms with E-state index in [9.17, 15) is 4.79 Å². The van der Waals surface area contributed by atoms with Crippen molar-refractivity contribution in [3.8, 4) is 5.75 Å². The van der Waals surface area contributed by atoms with Gasteiger partial charge in [0.15, 0.2) is 0 Å². The van der Waals surface area contributed by atoms with E-state index in [-0.39, 0.29) is 5.63 Å². The molecule has 3 heterocycles. The minimum Gasteiger partial charge on any atom is -0.486 e. The van der Waals surface area contributed by atoms with E-state index in [4.69, 9.17) is 9.15 Å². The number of para-hydroxylation sites is 3. The molecule has 0 unspecified atom stereocenters. The summed E-state index contributed by atoms with van der Waals surface area (Å²) in [5.74, 6) is 1.64. The summed E-state index contributed by atoms with van der Waals surface area (Å²) >= 11 is 4.96. The number of hydrogen-bond donors (Lipinski definition) is 1. The van der Waals surface area contributed by atoms with E-state index in [1.165, 1.54) is 6.07 Å². The molecule has 170 valence electrons. The van der Waals surface area contributed by atoms with Crippen LogP contribution in [-0.4, -0.2) is 15.0 Å². The lowest BCUT2D eigenvalue weighted by Crippen LogP contribution is -1.99. The van der Waals surface area contributed by atoms with Crippen LogP contribution in [0, 0.1) is 6.92 Å². The van der Waals surface area contributed by atoms with E-state index in [0.717, 1.165) is 48.4 Å². The van der Waals surface area contributed by atoms with Crippen molar-refractivity contribution >= 4 is 59.5 Å². The lowest BCUT2D eigenvalue weighted by molar-refractivity contribution is 0.305. The van der Waals surface area contributed by atoms with Crippen LogP contribution in [0.25, 0.3) is 32.2 Å². The molecule has 0 aliphatic heterocycles. The molecule has 0 atom stereocenters. The third-order valence-corrected chi connectivity index (χ3v) is 6.73. The van der Waals surface area contributed by atoms with E-state index in [1.807, 2.05) is 67.6 Å². The number of aryl methyl sites for hydroxylation is 1. The van der Waals surface area contributed by atoms with Crippen LogP contribution in [0.3, 0.4) is 0 Å². The predicted molar refractivity (Wildman–Crippen MR) is 140 cm³/mol. The van der Waals surface area contributed by atoms with Gasteiger partial charge in [-0.2, -0.15) is 0 Å². The first-order valence-electron chi connectivity index (χ1n) is 10.6. The van der Waals surface area contributed by atoms with Crippen molar-refractivity contribution in [2.24, 2.45) is 0 Å². The zero-order valence-corrected chi connectivity index (χ0v) is 20.7. The van der Waals surface area contributed by atoms with Crippen LogP contribution in [-0.2, 0) is 11.9 Å². The molecule has 6 rings (SSSR count). The number of benzene rings is 3. The standard InChI is InChI=1S/C18H13NO3S.C8H7BrN2/c1-11-8-18(20)22-15-9-12(6-7-13(11)15)21-10-17-19-14-4-2-3-5-16(14)23-17;9-5-8-10-6-3-1-2-4-7(6)11-8/h2-9H,10H2,1H3;1-4H,5H2,(H,10,11). The first-order chi connectivity index (χ1) is 16.6. The average Bonchev–Trinajstić information content (AvgIpc) is 3.46. The predicted octanol–water partition coefficient (Wildman–Crippen LogP) is 6.75. The van der Waals surface area contributed by atoms with E-state index < -0.39 is 0 Å². The second kappa shape index (κ2) is 9.79. The van der Waals surface area contributed by atoms with Crippen molar-refractivity contribution in [3.05, 3.63) is 99.6 Å². The number of hydrogen-bond acceptors (Lipinski definition) is 6. The zero-order chi connectivity index (χ0) is 23.5. The molecule has 8 heteroatoms. The number of H-pyrrole nitrogens is 1. The van der Waals surface area contributed by atoms with Gasteiger partial charge in [-0.15, -0.1) is 11.3 Å². The molecule has 1 N–H and O–H groups in total. The average molecular weight is 534 g/mol. The molecule has 0 aliphatic rings. The molecule has 6 nitrogen and oxygen atoms in total. The number of aromatic amines is 1. The number of nitrogens with one attached hydrogen (secondary N) is 1. The van der Waals surface area contributed by atoms with Crippen molar-refractivity contribution in [1.29, 1.82) is 0 Å². The number of ether oxygens (including phenoxy) is 1. The van der Waals surface area contributed by atoms with E-state index in [1.54, 1.807) is 17.4 Å². The van der Waals surface area contributed by atoms with Gasteiger partial charge in [0, 0.05) is 17.5 Å². The van der Waals surface area contributed by atoms with Crippen LogP contribution >= 0.6 is 27.3 Å². The fourth-order valence-corrected chi connectivity index (χ4v) is 4.74. The van der Waals surface area contributed by atoms with Crippen molar-refractivity contribution in [3.63, 3.8) is 0 Å². The number of imidazole rings is 1. The van der Waals surface area contributed by atoms with Gasteiger partial charge in [0.05, 0.1) is 26.6 Å². The first-order valence-corrected chi connectivity index (χ1v) is 12.5. The Balaban J connectivity index is 0.000000183. The normalized spacial score (nSPS) is 11.0. The molecule has 0 saturated heterocycles. The van der Waals surface area contributed by atoms with Gasteiger partial charge in [-0.1, -0.05) is 40.2 Å². The summed E-state index contributed by atoms with van der Waals surface area (Å²) in [5, 5.41) is 2.61. The molecule has 0 saturated carbocycles. The second-order valence-electron chi connectivity index (χ2n) is 7.60. The number of alkyl halides is 1. The lowest BCUT2D eigenvalue weighted by Gasteiger charge is -2.06. The van der Waals surface area contributed by atoms with Crippen molar-refractivity contribution in [2.75, 3.05) is 0 Å². The van der Waals surface area contributed by atoms with E-state index in [0.29, 0.717) is 17.9 Å². The van der Waals surface area contributed by atoms with E-state index >= 15 is 0 Å². The summed E-state index contributed by atoms with van der Waals surface area (Å²) in [7, 11) is 0. The molecule has 0 aliphatic carbocycles. The number of aromatic nitrogens is 3. The third-order valence-electron chi connectivity index (χ3n) is 5.19. The van der Waals surface area contributed by atoms with Crippen LogP contribution in [0.1, 0.15) is 16.4 Å². The minimum atomic E-state index is -0.349. The number of nitrogens with zero attached hydrogens (tertiary/aromatic N) is 2. The Bertz CT molecular complexity index is 1590. The maximum absolute atomic E-state index is 11.5. The molecule has 0 spiro atoms. The highest BCUT2D eigenvalue weighted by atomic mass is 79.9. The quantitative estimate of drug-likeness (QED) is 0.200. The molecule has 0 fully saturated rings. The fraction of sp³-hybridized carbons (Fsp3) is 0.115. The zero-order valence-electron chi connectivity index (χ0n) is 18.2. The first kappa shape index (κ1) is 22.3. The van der Waals surface area contributed by atoms with Gasteiger partial charge in [-0.25, -0.2) is 14.8 Å². The Kier molecular flexibility index (Phi) is 6.42. The largest absolute Gasteiger partial charge is 0.486 e. The van der Waals surface area contributed by atoms with Crippen molar-refractivity contribution in [2.45, 2.75) is 18.9 Å². The smallest absolute Gasteiger partial charge is 0.336 e. The van der Waals surface area contributed by atoms with Crippen molar-refractivity contribution < 1.29 is 9.15 Å². The highest BCUT2D eigenvalue weighted by Crippen LogP contribution is 2.25. The number of halogens is 1. The Labute approximate surface area is 207 Å². The SMILES string of the molecule is BrCc1nc2ccccc2[nH]1.Cc1cc(=O)oc2cc(OCc3nc4ccccc4s3)ccc12. The van der Waals surface area contributed by atoms with Crippen LogP contribution < -0.4 is 10.4 Å². The molecular formula is C26H20BrN3O3S. The molecule has 3 aromatic heterocycles. The van der Waals surface area contributed by atoms with Gasteiger partial charge in [0.25, 0.3) is 0 Å². The molecule has 3 aromatic carbocycles. The highest BCUT2D eigenvalue weighted by Gasteiger charge is 2.07. The van der Waals surface area contributed by atoms with Gasteiger partial charge in [0.1, 0.15) is 28.8 Å². The fourth-order valence-electron chi connectivity index (χ4n) is 3.59. The summed E-state index contributed by atoms with van der Waals surface area (Å²) in [6.45, 7) is 2.28. The Morgan fingerprint density at radius 1 is 1.00 bits per heavy atom. The Morgan fingerprint density at radius 2 is 1.79 bits per heavy atom. The van der Waals surface area contributed by atoms with Crippen LogP contribution in [0.2, 0.25) is 0 Å². The van der Waals surface area contributed by atoms with E-state index in [2.05, 4.69) is 30.9 Å². The number of rotatable bonds is 4. The van der Waals surface area contributed by atoms with Crippen LogP contribution in [0.4, 0.5) is 0 Å². The molecule has 0 radical (unpaired) electrons. The highest BCUT2D eigenvalue weighted by molar-refractivity contribution is 9.08. The molecule has 0 amide bonds. The second-order valence-corrected chi connectivity index (χ2v) is 9.28. The monoisotopic (exact) mass is 533 g/mol. The lowest BCUT2D eigenvalue weighted by atomic mass is 10.1. The van der Waals surface area contributed by atoms with Gasteiger partial charge < -0.3 is 14.1 Å². The van der Waals surface area contributed by atoms with Gasteiger partial charge in [-0.3, -0.25) is 0 Å². The van der Waals surface area contributed by atoms with Crippen LogP contribution in [0.15, 0.2) is 82.0 Å². The molecule has 34 heavy (non-hydrogen) atoms. The number of thiazole rings is 1. The third kappa shape index (κ3) is 4.88. The van der Waals surface area contributed by atoms with Gasteiger partial charge in [-0.05, 0) is 48.9 Å². The van der Waals surface area contributed by atoms with Gasteiger partial charge in [0.2, 0.25) is 0 Å².